The molecule has 0 aliphatic heterocycles. The van der Waals surface area contributed by atoms with Gasteiger partial charge in [0.15, 0.2) is 0 Å². The number of carbonyl (C=O) groups excluding carboxylic acids is 1. The highest BCUT2D eigenvalue weighted by atomic mass is 35.5. The Morgan fingerprint density at radius 2 is 2.06 bits per heavy atom. The summed E-state index contributed by atoms with van der Waals surface area (Å²) in [5.74, 6) is 0.993. The van der Waals surface area contributed by atoms with Crippen LogP contribution < -0.4 is 5.32 Å². The number of amides is 1. The molecule has 0 radical (unpaired) electrons. The van der Waals surface area contributed by atoms with Crippen molar-refractivity contribution in [2.45, 2.75) is 32.6 Å². The Morgan fingerprint density at radius 1 is 1.35 bits per heavy atom. The summed E-state index contributed by atoms with van der Waals surface area (Å²) < 4.78 is 0. The summed E-state index contributed by atoms with van der Waals surface area (Å²) in [5.41, 5.74) is 1.66. The molecule has 17 heavy (non-hydrogen) atoms. The summed E-state index contributed by atoms with van der Waals surface area (Å²) in [6, 6.07) is 7.45. The average Bonchev–Trinajstić information content (AvgIpc) is 2.39. The normalized spacial score (nSPS) is 10.6. The lowest BCUT2D eigenvalue weighted by molar-refractivity contribution is 0.0946. The van der Waals surface area contributed by atoms with Crippen molar-refractivity contribution < 1.29 is 4.79 Å². The van der Waals surface area contributed by atoms with E-state index >= 15 is 0 Å². The lowest BCUT2D eigenvalue weighted by atomic mass is 10.0. The molecule has 0 fully saturated rings. The molecule has 0 aliphatic carbocycles. The minimum Gasteiger partial charge on any atom is -0.352 e. The van der Waals surface area contributed by atoms with Gasteiger partial charge in [-0.1, -0.05) is 38.8 Å². The maximum Gasteiger partial charge on any atom is 0.251 e. The van der Waals surface area contributed by atoms with Crippen LogP contribution >= 0.6 is 11.6 Å². The second-order valence-electron chi connectivity index (χ2n) is 4.23. The molecule has 0 unspecified atom stereocenters. The van der Waals surface area contributed by atoms with Gasteiger partial charge in [0.2, 0.25) is 0 Å². The van der Waals surface area contributed by atoms with E-state index in [1.54, 1.807) is 0 Å². The van der Waals surface area contributed by atoms with Gasteiger partial charge in [-0.2, -0.15) is 0 Å². The molecule has 0 saturated heterocycles. The number of hydrogen-bond acceptors (Lipinski definition) is 1. The van der Waals surface area contributed by atoms with Crippen molar-refractivity contribution in [3.05, 3.63) is 35.4 Å². The third-order valence-electron chi connectivity index (χ3n) is 3.05. The molecule has 1 amide bonds. The monoisotopic (exact) mass is 253 g/mol. The van der Waals surface area contributed by atoms with Crippen molar-refractivity contribution in [3.8, 4) is 0 Å². The SMILES string of the molecule is CCC(CC)CNC(=O)c1cccc(CCl)c1. The van der Waals surface area contributed by atoms with Crippen LogP contribution in [0.2, 0.25) is 0 Å². The predicted molar refractivity (Wildman–Crippen MR) is 72.4 cm³/mol. The van der Waals surface area contributed by atoms with E-state index in [1.165, 1.54) is 0 Å². The Bertz CT molecular complexity index is 361. The summed E-state index contributed by atoms with van der Waals surface area (Å²) in [6.45, 7) is 5.04. The van der Waals surface area contributed by atoms with E-state index < -0.39 is 0 Å². The largest absolute Gasteiger partial charge is 0.352 e. The molecule has 0 saturated carbocycles. The fourth-order valence-corrected chi connectivity index (χ4v) is 1.88. The van der Waals surface area contributed by atoms with Gasteiger partial charge in [-0.25, -0.2) is 0 Å². The van der Waals surface area contributed by atoms with Gasteiger partial charge in [-0.15, -0.1) is 11.6 Å². The minimum atomic E-state index is -0.0103. The number of halogens is 1. The number of hydrogen-bond donors (Lipinski definition) is 1. The second-order valence-corrected chi connectivity index (χ2v) is 4.49. The van der Waals surface area contributed by atoms with Crippen LogP contribution in [-0.4, -0.2) is 12.5 Å². The molecule has 3 heteroatoms. The van der Waals surface area contributed by atoms with Crippen LogP contribution in [-0.2, 0) is 5.88 Å². The highest BCUT2D eigenvalue weighted by molar-refractivity contribution is 6.17. The van der Waals surface area contributed by atoms with Gasteiger partial charge in [0.25, 0.3) is 5.91 Å². The summed E-state index contributed by atoms with van der Waals surface area (Å²) in [5, 5.41) is 2.97. The molecule has 1 aromatic rings. The van der Waals surface area contributed by atoms with Crippen LogP contribution in [0, 0.1) is 5.92 Å². The lowest BCUT2D eigenvalue weighted by Gasteiger charge is -2.13. The highest BCUT2D eigenvalue weighted by Gasteiger charge is 2.08. The van der Waals surface area contributed by atoms with Crippen LogP contribution in [0.25, 0.3) is 0 Å². The fraction of sp³-hybridized carbons (Fsp3) is 0.500. The Morgan fingerprint density at radius 3 is 2.65 bits per heavy atom. The van der Waals surface area contributed by atoms with E-state index in [0.29, 0.717) is 17.4 Å². The Hall–Kier alpha value is -1.02. The van der Waals surface area contributed by atoms with Gasteiger partial charge in [0.05, 0.1) is 0 Å². The summed E-state index contributed by atoms with van der Waals surface area (Å²) >= 11 is 5.74. The minimum absolute atomic E-state index is 0.0103. The predicted octanol–water partition coefficient (Wildman–Crippen LogP) is 3.59. The maximum atomic E-state index is 11.9. The van der Waals surface area contributed by atoms with Crippen molar-refractivity contribution >= 4 is 17.5 Å². The molecule has 1 aromatic carbocycles. The van der Waals surface area contributed by atoms with Crippen LogP contribution in [0.1, 0.15) is 42.6 Å². The van der Waals surface area contributed by atoms with Crippen LogP contribution in [0.5, 0.6) is 0 Å². The van der Waals surface area contributed by atoms with Crippen molar-refractivity contribution in [2.75, 3.05) is 6.54 Å². The number of carbonyl (C=O) groups is 1. The second kappa shape index (κ2) is 7.33. The quantitative estimate of drug-likeness (QED) is 0.772. The first-order valence-electron chi connectivity index (χ1n) is 6.14. The summed E-state index contributed by atoms with van der Waals surface area (Å²) in [4.78, 5) is 11.9. The van der Waals surface area contributed by atoms with Gasteiger partial charge >= 0.3 is 0 Å². The molecular weight excluding hydrogens is 234 g/mol. The number of rotatable bonds is 6. The number of nitrogens with one attached hydrogen (secondary N) is 1. The first-order chi connectivity index (χ1) is 8.21. The highest BCUT2D eigenvalue weighted by Crippen LogP contribution is 2.09. The van der Waals surface area contributed by atoms with Crippen molar-refractivity contribution in [2.24, 2.45) is 5.92 Å². The molecule has 94 valence electrons. The third-order valence-corrected chi connectivity index (χ3v) is 3.36. The topological polar surface area (TPSA) is 29.1 Å². The van der Waals surface area contributed by atoms with Gasteiger partial charge in [-0.05, 0) is 23.6 Å². The molecule has 0 bridgehead atoms. The zero-order valence-corrected chi connectivity index (χ0v) is 11.3. The van der Waals surface area contributed by atoms with Crippen molar-refractivity contribution in [1.82, 2.24) is 5.32 Å². The van der Waals surface area contributed by atoms with E-state index in [-0.39, 0.29) is 5.91 Å². The molecule has 0 aromatic heterocycles. The zero-order valence-electron chi connectivity index (χ0n) is 10.5. The van der Waals surface area contributed by atoms with Crippen molar-refractivity contribution in [3.63, 3.8) is 0 Å². The van der Waals surface area contributed by atoms with Crippen LogP contribution in [0.3, 0.4) is 0 Å². The van der Waals surface area contributed by atoms with Crippen molar-refractivity contribution in [1.29, 1.82) is 0 Å². The first-order valence-corrected chi connectivity index (χ1v) is 6.67. The standard InChI is InChI=1S/C14H20ClNO/c1-3-11(4-2)10-16-14(17)13-7-5-6-12(8-13)9-15/h5-8,11H,3-4,9-10H2,1-2H3,(H,16,17). The van der Waals surface area contributed by atoms with Gasteiger partial charge in [-0.3, -0.25) is 4.79 Å². The Kier molecular flexibility index (Phi) is 6.06. The molecule has 0 aliphatic rings. The smallest absolute Gasteiger partial charge is 0.251 e. The molecule has 1 rings (SSSR count). The third kappa shape index (κ3) is 4.39. The summed E-state index contributed by atoms with van der Waals surface area (Å²) in [6.07, 6.45) is 2.19. The van der Waals surface area contributed by atoms with E-state index in [4.69, 9.17) is 11.6 Å². The van der Waals surface area contributed by atoms with E-state index in [1.807, 2.05) is 24.3 Å². The zero-order chi connectivity index (χ0) is 12.7. The maximum absolute atomic E-state index is 11.9. The molecule has 0 spiro atoms. The van der Waals surface area contributed by atoms with E-state index in [0.717, 1.165) is 24.9 Å². The van der Waals surface area contributed by atoms with Crippen LogP contribution in [0.15, 0.2) is 24.3 Å². The van der Waals surface area contributed by atoms with Gasteiger partial charge in [0.1, 0.15) is 0 Å². The molecular formula is C14H20ClNO. The van der Waals surface area contributed by atoms with Crippen LogP contribution in [0.4, 0.5) is 0 Å². The molecule has 0 heterocycles. The molecule has 1 N–H and O–H groups in total. The first kappa shape index (κ1) is 14.0. The van der Waals surface area contributed by atoms with Gasteiger partial charge in [0, 0.05) is 18.0 Å². The molecule has 0 atom stereocenters. The fourth-order valence-electron chi connectivity index (χ4n) is 1.71. The lowest BCUT2D eigenvalue weighted by Crippen LogP contribution is -2.28. The van der Waals surface area contributed by atoms with Gasteiger partial charge < -0.3 is 5.32 Å². The molecule has 2 nitrogen and oxygen atoms in total. The number of benzene rings is 1. The average molecular weight is 254 g/mol. The van der Waals surface area contributed by atoms with E-state index in [9.17, 15) is 4.79 Å². The number of alkyl halides is 1. The Labute approximate surface area is 108 Å². The van der Waals surface area contributed by atoms with E-state index in [2.05, 4.69) is 19.2 Å². The summed E-state index contributed by atoms with van der Waals surface area (Å²) in [7, 11) is 0. The Balaban J connectivity index is 2.57.